The van der Waals surface area contributed by atoms with E-state index in [1.54, 1.807) is 0 Å². The lowest BCUT2D eigenvalue weighted by Gasteiger charge is -2.01. The van der Waals surface area contributed by atoms with Crippen molar-refractivity contribution in [3.8, 4) is 0 Å². The number of nitrogens with zero attached hydrogens (tertiary/aromatic N) is 1. The second-order valence-electron chi connectivity index (χ2n) is 2.11. The van der Waals surface area contributed by atoms with E-state index in [1.807, 2.05) is 0 Å². The van der Waals surface area contributed by atoms with Crippen LogP contribution in [0.25, 0.3) is 0 Å². The molecule has 0 heterocycles. The van der Waals surface area contributed by atoms with Crippen LogP contribution < -0.4 is 5.73 Å². The molecule has 9 nitrogen and oxygen atoms in total. The van der Waals surface area contributed by atoms with Crippen molar-refractivity contribution in [2.24, 2.45) is 5.73 Å². The fourth-order valence-corrected chi connectivity index (χ4v) is 0.402. The van der Waals surface area contributed by atoms with Gasteiger partial charge in [0, 0.05) is 6.42 Å². The zero-order valence-corrected chi connectivity index (χ0v) is 6.99. The van der Waals surface area contributed by atoms with Crippen LogP contribution in [0.1, 0.15) is 12.8 Å². The van der Waals surface area contributed by atoms with Gasteiger partial charge in [-0.25, -0.2) is 0 Å². The van der Waals surface area contributed by atoms with Gasteiger partial charge in [0.25, 0.3) is 5.09 Å². The van der Waals surface area contributed by atoms with Gasteiger partial charge in [0.05, 0.1) is 0 Å². The monoisotopic (exact) mass is 210 g/mol. The average molecular weight is 210 g/mol. The van der Waals surface area contributed by atoms with Crippen LogP contribution in [0.4, 0.5) is 0 Å². The molecule has 0 aromatic heterocycles. The van der Waals surface area contributed by atoms with Crippen molar-refractivity contribution in [3.63, 3.8) is 0 Å². The first-order valence-electron chi connectivity index (χ1n) is 3.30. The average Bonchev–Trinajstić information content (AvgIpc) is 1.98. The Labute approximate surface area is 77.9 Å². The summed E-state index contributed by atoms with van der Waals surface area (Å²) >= 11 is 0. The second kappa shape index (κ2) is 7.73. The Bertz CT molecular complexity index is 212. The molecule has 5 N–H and O–H groups in total. The lowest BCUT2D eigenvalue weighted by atomic mass is 10.2. The zero-order chi connectivity index (χ0) is 11.7. The summed E-state index contributed by atoms with van der Waals surface area (Å²) in [5.74, 6) is -2.20. The van der Waals surface area contributed by atoms with Crippen molar-refractivity contribution in [1.29, 1.82) is 0 Å². The molecule has 0 aliphatic heterocycles. The SMILES string of the molecule is NC(CCC(=O)O)C(=O)O.O=[N+]([O-])O. The molecule has 14 heavy (non-hydrogen) atoms. The van der Waals surface area contributed by atoms with Gasteiger partial charge in [0.15, 0.2) is 0 Å². The summed E-state index contributed by atoms with van der Waals surface area (Å²) in [6.45, 7) is 0. The largest absolute Gasteiger partial charge is 0.481 e. The number of hydrogen-bond donors (Lipinski definition) is 4. The Kier molecular flexibility index (Phi) is 8.07. The van der Waals surface area contributed by atoms with Crippen molar-refractivity contribution in [3.05, 3.63) is 10.1 Å². The predicted octanol–water partition coefficient (Wildman–Crippen LogP) is -1.08. The number of aliphatic carboxylic acids is 2. The highest BCUT2D eigenvalue weighted by atomic mass is 16.9. The van der Waals surface area contributed by atoms with Crippen LogP contribution in [0, 0.1) is 10.1 Å². The lowest BCUT2D eigenvalue weighted by molar-refractivity contribution is -0.742. The van der Waals surface area contributed by atoms with Gasteiger partial charge in [-0.2, -0.15) is 0 Å². The van der Waals surface area contributed by atoms with E-state index in [9.17, 15) is 9.59 Å². The number of hydrogen-bond acceptors (Lipinski definition) is 5. The Morgan fingerprint density at radius 2 is 1.79 bits per heavy atom. The maximum absolute atomic E-state index is 9.99. The van der Waals surface area contributed by atoms with Gasteiger partial charge >= 0.3 is 11.9 Å². The van der Waals surface area contributed by atoms with Gasteiger partial charge in [0.2, 0.25) is 0 Å². The minimum atomic E-state index is -1.50. The number of carboxylic acid groups (broad SMARTS) is 2. The molecule has 0 rings (SSSR count). The molecule has 9 heteroatoms. The van der Waals surface area contributed by atoms with Gasteiger partial charge < -0.3 is 21.2 Å². The van der Waals surface area contributed by atoms with E-state index in [-0.39, 0.29) is 12.8 Å². The van der Waals surface area contributed by atoms with Gasteiger partial charge in [-0.1, -0.05) is 0 Å². The van der Waals surface area contributed by atoms with Gasteiger partial charge in [-0.3, -0.25) is 9.59 Å². The van der Waals surface area contributed by atoms with Crippen molar-refractivity contribution in [2.45, 2.75) is 18.9 Å². The van der Waals surface area contributed by atoms with E-state index >= 15 is 0 Å². The minimum absolute atomic E-state index is 0.0231. The van der Waals surface area contributed by atoms with Crippen molar-refractivity contribution in [1.82, 2.24) is 0 Å². The van der Waals surface area contributed by atoms with E-state index in [2.05, 4.69) is 0 Å². The van der Waals surface area contributed by atoms with Crippen LogP contribution >= 0.6 is 0 Å². The molecule has 1 unspecified atom stereocenters. The van der Waals surface area contributed by atoms with Gasteiger partial charge in [-0.15, -0.1) is 10.1 Å². The maximum atomic E-state index is 9.99. The third-order valence-electron chi connectivity index (χ3n) is 0.986. The molecule has 0 radical (unpaired) electrons. The van der Waals surface area contributed by atoms with E-state index in [1.165, 1.54) is 0 Å². The highest BCUT2D eigenvalue weighted by Crippen LogP contribution is 1.93. The highest BCUT2D eigenvalue weighted by molar-refractivity contribution is 5.74. The molecule has 0 saturated heterocycles. The van der Waals surface area contributed by atoms with Gasteiger partial charge in [-0.05, 0) is 6.42 Å². The maximum Gasteiger partial charge on any atom is 0.320 e. The number of carbonyl (C=O) groups is 2. The van der Waals surface area contributed by atoms with Crippen molar-refractivity contribution >= 4 is 11.9 Å². The molecular weight excluding hydrogens is 200 g/mol. The van der Waals surface area contributed by atoms with Gasteiger partial charge in [0.1, 0.15) is 6.04 Å². The van der Waals surface area contributed by atoms with E-state index in [4.69, 9.17) is 31.3 Å². The van der Waals surface area contributed by atoms with Crippen LogP contribution in [0.15, 0.2) is 0 Å². The fraction of sp³-hybridized carbons (Fsp3) is 0.600. The molecule has 0 aliphatic rings. The number of nitrogens with two attached hydrogens (primary N) is 1. The molecule has 0 spiro atoms. The normalized spacial score (nSPS) is 10.6. The first-order valence-corrected chi connectivity index (χ1v) is 3.30. The molecule has 82 valence electrons. The predicted molar refractivity (Wildman–Crippen MR) is 41.3 cm³/mol. The van der Waals surface area contributed by atoms with Crippen LogP contribution in [-0.4, -0.2) is 38.5 Å². The molecule has 1 atom stereocenters. The Morgan fingerprint density at radius 3 is 2.00 bits per heavy atom. The van der Waals surface area contributed by atoms with Crippen molar-refractivity contribution in [2.75, 3.05) is 0 Å². The number of carboxylic acids is 2. The summed E-state index contributed by atoms with van der Waals surface area (Å²) in [4.78, 5) is 28.2. The van der Waals surface area contributed by atoms with Crippen LogP contribution in [0.3, 0.4) is 0 Å². The van der Waals surface area contributed by atoms with Crippen molar-refractivity contribution < 1.29 is 30.1 Å². The van der Waals surface area contributed by atoms with Crippen LogP contribution in [0.2, 0.25) is 0 Å². The number of rotatable bonds is 4. The quantitative estimate of drug-likeness (QED) is 0.335. The molecule has 0 saturated carbocycles. The summed E-state index contributed by atoms with van der Waals surface area (Å²) in [7, 11) is 0. The molecular formula is C5H10N2O7. The third-order valence-corrected chi connectivity index (χ3v) is 0.986. The molecule has 0 aromatic carbocycles. The Hall–Kier alpha value is -1.90. The minimum Gasteiger partial charge on any atom is -0.481 e. The van der Waals surface area contributed by atoms with Crippen LogP contribution in [-0.2, 0) is 9.59 Å². The smallest absolute Gasteiger partial charge is 0.320 e. The van der Waals surface area contributed by atoms with E-state index < -0.39 is 23.1 Å². The molecule has 0 bridgehead atoms. The van der Waals surface area contributed by atoms with E-state index in [0.717, 1.165) is 0 Å². The summed E-state index contributed by atoms with van der Waals surface area (Å²) in [5.41, 5.74) is 5.00. The summed E-state index contributed by atoms with van der Waals surface area (Å²) in [6, 6.07) is -1.06. The first-order chi connectivity index (χ1) is 6.27. The first kappa shape index (κ1) is 14.6. The van der Waals surface area contributed by atoms with Crippen LogP contribution in [0.5, 0.6) is 0 Å². The van der Waals surface area contributed by atoms with E-state index in [0.29, 0.717) is 0 Å². The molecule has 0 aromatic rings. The summed E-state index contributed by atoms with van der Waals surface area (Å²) in [6.07, 6.45) is -0.224. The Balaban J connectivity index is 0. The fourth-order valence-electron chi connectivity index (χ4n) is 0.402. The molecule has 0 aliphatic carbocycles. The zero-order valence-electron chi connectivity index (χ0n) is 6.99. The highest BCUT2D eigenvalue weighted by Gasteiger charge is 2.12. The lowest BCUT2D eigenvalue weighted by Crippen LogP contribution is -2.30. The summed E-state index contributed by atoms with van der Waals surface area (Å²) in [5, 5.41) is 29.9. The Morgan fingerprint density at radius 1 is 1.43 bits per heavy atom. The molecule has 0 amide bonds. The molecule has 0 fully saturated rings. The standard InChI is InChI=1S/C5H9NO4.HNO3/c6-3(5(9)10)1-2-4(7)8;2-1(3)4/h3H,1-2,6H2,(H,7,8)(H,9,10);(H,2,3,4). The third kappa shape index (κ3) is 16.6. The topological polar surface area (TPSA) is 164 Å². The second-order valence-corrected chi connectivity index (χ2v) is 2.11. The summed E-state index contributed by atoms with van der Waals surface area (Å²) < 4.78 is 0.